The smallest absolute Gasteiger partial charge is 0.329 e. The molecular formula is C7H8N6O2. The number of aromatic nitrogens is 2. The number of nitrogens with one attached hydrogen (secondary N) is 1. The summed E-state index contributed by atoms with van der Waals surface area (Å²) < 4.78 is 0. The van der Waals surface area contributed by atoms with Crippen molar-refractivity contribution in [1.29, 1.82) is 0 Å². The van der Waals surface area contributed by atoms with Gasteiger partial charge in [0.15, 0.2) is 0 Å². The first kappa shape index (κ1) is 10.6. The second-order valence-corrected chi connectivity index (χ2v) is 2.44. The van der Waals surface area contributed by atoms with Crippen LogP contribution in [0, 0.1) is 0 Å². The van der Waals surface area contributed by atoms with Gasteiger partial charge in [-0.3, -0.25) is 9.59 Å². The van der Waals surface area contributed by atoms with Crippen molar-refractivity contribution in [2.45, 2.75) is 0 Å². The van der Waals surface area contributed by atoms with E-state index in [2.05, 4.69) is 20.8 Å². The van der Waals surface area contributed by atoms with Gasteiger partial charge in [0.05, 0.1) is 6.21 Å². The van der Waals surface area contributed by atoms with Crippen LogP contribution in [-0.4, -0.2) is 28.0 Å². The molecule has 0 aliphatic rings. The molecule has 0 spiro atoms. The predicted octanol–water partition coefficient (Wildman–Crippen LogP) is -2.01. The average molecular weight is 208 g/mol. The molecule has 0 fully saturated rings. The lowest BCUT2D eigenvalue weighted by Gasteiger charge is -1.94. The number of hydrazone groups is 1. The molecule has 5 N–H and O–H groups in total. The molecule has 15 heavy (non-hydrogen) atoms. The fourth-order valence-corrected chi connectivity index (χ4v) is 0.635. The molecule has 1 heterocycles. The molecule has 0 atom stereocenters. The van der Waals surface area contributed by atoms with E-state index in [4.69, 9.17) is 5.73 Å². The third-order valence-electron chi connectivity index (χ3n) is 1.30. The maximum atomic E-state index is 10.6. The van der Waals surface area contributed by atoms with E-state index in [0.29, 0.717) is 5.56 Å². The summed E-state index contributed by atoms with van der Waals surface area (Å²) in [4.78, 5) is 28.3. The van der Waals surface area contributed by atoms with Gasteiger partial charge in [-0.05, 0) is 0 Å². The van der Waals surface area contributed by atoms with E-state index in [1.54, 1.807) is 0 Å². The van der Waals surface area contributed by atoms with Gasteiger partial charge < -0.3 is 11.5 Å². The van der Waals surface area contributed by atoms with Crippen molar-refractivity contribution in [2.75, 3.05) is 5.73 Å². The fraction of sp³-hybridized carbons (Fsp3) is 0. The van der Waals surface area contributed by atoms with Crippen molar-refractivity contribution in [2.24, 2.45) is 10.8 Å². The number of amides is 2. The van der Waals surface area contributed by atoms with Gasteiger partial charge in [-0.15, -0.1) is 0 Å². The van der Waals surface area contributed by atoms with Gasteiger partial charge >= 0.3 is 11.8 Å². The molecule has 1 aromatic heterocycles. The molecule has 0 aliphatic heterocycles. The maximum absolute atomic E-state index is 10.6. The Bertz CT molecular complexity index is 398. The summed E-state index contributed by atoms with van der Waals surface area (Å²) in [5.74, 6) is -1.98. The number of carbonyl (C=O) groups excluding carboxylic acids is 2. The van der Waals surface area contributed by atoms with E-state index in [0.717, 1.165) is 0 Å². The van der Waals surface area contributed by atoms with Crippen LogP contribution in [0.3, 0.4) is 0 Å². The molecule has 0 aromatic carbocycles. The topological polar surface area (TPSA) is 136 Å². The van der Waals surface area contributed by atoms with E-state index in [-0.39, 0.29) is 5.95 Å². The third kappa shape index (κ3) is 3.38. The minimum absolute atomic E-state index is 0.133. The highest BCUT2D eigenvalue weighted by atomic mass is 16.2. The third-order valence-corrected chi connectivity index (χ3v) is 1.30. The molecule has 0 saturated carbocycles. The van der Waals surface area contributed by atoms with Crippen LogP contribution >= 0.6 is 0 Å². The number of nitrogen functional groups attached to an aromatic ring is 1. The number of nitrogens with zero attached hydrogens (tertiary/aromatic N) is 3. The molecule has 1 rings (SSSR count). The summed E-state index contributed by atoms with van der Waals surface area (Å²) in [5.41, 5.74) is 12.4. The van der Waals surface area contributed by atoms with Gasteiger partial charge in [0.25, 0.3) is 0 Å². The summed E-state index contributed by atoms with van der Waals surface area (Å²) in [7, 11) is 0. The Labute approximate surface area is 84.4 Å². The normalized spacial score (nSPS) is 10.1. The molecule has 0 aliphatic carbocycles. The minimum Gasteiger partial charge on any atom is -0.368 e. The van der Waals surface area contributed by atoms with Gasteiger partial charge in [-0.25, -0.2) is 15.4 Å². The highest BCUT2D eigenvalue weighted by Gasteiger charge is 2.05. The highest BCUT2D eigenvalue weighted by Crippen LogP contribution is 1.92. The Morgan fingerprint density at radius 3 is 2.53 bits per heavy atom. The molecular weight excluding hydrogens is 200 g/mol. The largest absolute Gasteiger partial charge is 0.368 e. The van der Waals surface area contributed by atoms with Gasteiger partial charge in [0, 0.05) is 18.0 Å². The first-order valence-electron chi connectivity index (χ1n) is 3.80. The number of anilines is 1. The van der Waals surface area contributed by atoms with E-state index in [1.807, 2.05) is 5.43 Å². The monoisotopic (exact) mass is 208 g/mol. The molecule has 0 radical (unpaired) electrons. The summed E-state index contributed by atoms with van der Waals surface area (Å²) in [6.07, 6.45) is 4.06. The minimum atomic E-state index is -1.11. The first-order chi connectivity index (χ1) is 7.09. The van der Waals surface area contributed by atoms with Crippen LogP contribution in [0.2, 0.25) is 0 Å². The standard InChI is InChI=1S/C7H8N6O2/c8-5(14)6(15)13-12-3-4-1-10-7(9)11-2-4/h1-3H,(H2,8,14)(H,13,15)(H2,9,10,11)/b12-3+. The van der Waals surface area contributed by atoms with E-state index >= 15 is 0 Å². The van der Waals surface area contributed by atoms with Gasteiger partial charge in [0.1, 0.15) is 0 Å². The lowest BCUT2D eigenvalue weighted by Crippen LogP contribution is -2.32. The number of primary amides is 1. The van der Waals surface area contributed by atoms with Crippen molar-refractivity contribution < 1.29 is 9.59 Å². The van der Waals surface area contributed by atoms with Crippen molar-refractivity contribution in [1.82, 2.24) is 15.4 Å². The van der Waals surface area contributed by atoms with Crippen LogP contribution in [0.4, 0.5) is 5.95 Å². The van der Waals surface area contributed by atoms with Gasteiger partial charge in [0.2, 0.25) is 5.95 Å². The summed E-state index contributed by atoms with van der Waals surface area (Å²) >= 11 is 0. The van der Waals surface area contributed by atoms with Crippen LogP contribution in [0.1, 0.15) is 5.56 Å². The van der Waals surface area contributed by atoms with Gasteiger partial charge in [-0.2, -0.15) is 5.10 Å². The number of carbonyl (C=O) groups is 2. The Hall–Kier alpha value is -2.51. The summed E-state index contributed by atoms with van der Waals surface area (Å²) in [6.45, 7) is 0. The molecule has 8 heteroatoms. The van der Waals surface area contributed by atoms with Crippen LogP contribution < -0.4 is 16.9 Å². The molecule has 2 amide bonds. The Balaban J connectivity index is 2.55. The lowest BCUT2D eigenvalue weighted by molar-refractivity contribution is -0.137. The molecule has 8 nitrogen and oxygen atoms in total. The van der Waals surface area contributed by atoms with Crippen LogP contribution in [0.15, 0.2) is 17.5 Å². The Kier molecular flexibility index (Phi) is 3.28. The Morgan fingerprint density at radius 2 is 2.00 bits per heavy atom. The van der Waals surface area contributed by atoms with E-state index < -0.39 is 11.8 Å². The molecule has 0 saturated heterocycles. The zero-order valence-corrected chi connectivity index (χ0v) is 7.54. The van der Waals surface area contributed by atoms with Gasteiger partial charge in [-0.1, -0.05) is 0 Å². The second kappa shape index (κ2) is 4.65. The van der Waals surface area contributed by atoms with Crippen LogP contribution in [-0.2, 0) is 9.59 Å². The summed E-state index contributed by atoms with van der Waals surface area (Å²) in [5, 5.41) is 3.45. The average Bonchev–Trinajstić information content (AvgIpc) is 2.20. The number of hydrogen-bond acceptors (Lipinski definition) is 6. The predicted molar refractivity (Wildman–Crippen MR) is 51.4 cm³/mol. The SMILES string of the molecule is NC(=O)C(=O)N/N=C/c1cnc(N)nc1. The van der Waals surface area contributed by atoms with Crippen LogP contribution in [0.25, 0.3) is 0 Å². The number of hydrogen-bond donors (Lipinski definition) is 3. The zero-order valence-electron chi connectivity index (χ0n) is 7.54. The molecule has 1 aromatic rings. The maximum Gasteiger partial charge on any atom is 0.329 e. The second-order valence-electron chi connectivity index (χ2n) is 2.44. The summed E-state index contributed by atoms with van der Waals surface area (Å²) in [6, 6.07) is 0. The quantitative estimate of drug-likeness (QED) is 0.293. The molecule has 0 bridgehead atoms. The van der Waals surface area contributed by atoms with Crippen molar-refractivity contribution in [3.63, 3.8) is 0 Å². The lowest BCUT2D eigenvalue weighted by atomic mass is 10.4. The van der Waals surface area contributed by atoms with E-state index in [9.17, 15) is 9.59 Å². The van der Waals surface area contributed by atoms with Crippen molar-refractivity contribution in [3.8, 4) is 0 Å². The van der Waals surface area contributed by atoms with Crippen LogP contribution in [0.5, 0.6) is 0 Å². The number of rotatable bonds is 2. The zero-order chi connectivity index (χ0) is 11.3. The fourth-order valence-electron chi connectivity index (χ4n) is 0.635. The first-order valence-corrected chi connectivity index (χ1v) is 3.80. The number of nitrogens with two attached hydrogens (primary N) is 2. The molecule has 78 valence electrons. The van der Waals surface area contributed by atoms with Crippen molar-refractivity contribution >= 4 is 24.0 Å². The Morgan fingerprint density at radius 1 is 1.40 bits per heavy atom. The van der Waals surface area contributed by atoms with Crippen molar-refractivity contribution in [3.05, 3.63) is 18.0 Å². The highest BCUT2D eigenvalue weighted by molar-refractivity contribution is 6.34. The van der Waals surface area contributed by atoms with E-state index in [1.165, 1.54) is 18.6 Å². The molecule has 0 unspecified atom stereocenters.